The third-order valence-corrected chi connectivity index (χ3v) is 3.20. The van der Waals surface area contributed by atoms with Crippen molar-refractivity contribution in [1.29, 1.82) is 0 Å². The molecule has 0 aliphatic carbocycles. The zero-order valence-electron chi connectivity index (χ0n) is 14.2. The van der Waals surface area contributed by atoms with Crippen molar-refractivity contribution < 1.29 is 23.7 Å². The van der Waals surface area contributed by atoms with E-state index in [-0.39, 0.29) is 6.61 Å². The summed E-state index contributed by atoms with van der Waals surface area (Å²) < 4.78 is 26.3. The predicted octanol–water partition coefficient (Wildman–Crippen LogP) is 2.12. The minimum absolute atomic E-state index is 0.182. The van der Waals surface area contributed by atoms with Crippen molar-refractivity contribution >= 4 is 6.21 Å². The average molecular weight is 325 g/mol. The summed E-state index contributed by atoms with van der Waals surface area (Å²) in [6.07, 6.45) is 2.75. The third-order valence-electron chi connectivity index (χ3n) is 3.20. The Morgan fingerprint density at radius 1 is 0.913 bits per heavy atom. The van der Waals surface area contributed by atoms with Crippen LogP contribution in [0.1, 0.15) is 12.0 Å². The van der Waals surface area contributed by atoms with Crippen LogP contribution in [0.3, 0.4) is 0 Å². The highest BCUT2D eigenvalue weighted by Gasteiger charge is 2.29. The van der Waals surface area contributed by atoms with Gasteiger partial charge in [-0.05, 0) is 12.0 Å². The first-order valence-electron chi connectivity index (χ1n) is 7.62. The van der Waals surface area contributed by atoms with Crippen LogP contribution in [-0.2, 0) is 23.7 Å². The molecule has 0 saturated carbocycles. The molecule has 0 aliphatic rings. The van der Waals surface area contributed by atoms with Gasteiger partial charge in [0.05, 0.1) is 13.2 Å². The summed E-state index contributed by atoms with van der Waals surface area (Å²) in [5, 5.41) is 0. The van der Waals surface area contributed by atoms with E-state index in [1.165, 1.54) is 21.3 Å². The highest BCUT2D eigenvalue weighted by Crippen LogP contribution is 2.12. The Morgan fingerprint density at radius 3 is 2.22 bits per heavy atom. The van der Waals surface area contributed by atoms with Gasteiger partial charge in [0.2, 0.25) is 0 Å². The van der Waals surface area contributed by atoms with Gasteiger partial charge in [-0.1, -0.05) is 30.3 Å². The molecular formula is C17H27NO5. The number of benzene rings is 1. The quantitative estimate of drug-likeness (QED) is 0.316. The Kier molecular flexibility index (Phi) is 10.4. The van der Waals surface area contributed by atoms with Crippen molar-refractivity contribution in [3.05, 3.63) is 35.9 Å². The number of nitrogens with zero attached hydrogens (tertiary/aromatic N) is 1. The zero-order valence-corrected chi connectivity index (χ0v) is 14.2. The number of hydrogen-bond donors (Lipinski definition) is 0. The Balaban J connectivity index is 1.98. The van der Waals surface area contributed by atoms with Gasteiger partial charge in [-0.25, -0.2) is 0 Å². The molecule has 0 aromatic heterocycles. The van der Waals surface area contributed by atoms with Crippen molar-refractivity contribution in [3.63, 3.8) is 0 Å². The van der Waals surface area contributed by atoms with Gasteiger partial charge in [0.25, 0.3) is 0 Å². The summed E-state index contributed by atoms with van der Waals surface area (Å²) in [6, 6.07) is 10.0. The lowest BCUT2D eigenvalue weighted by Crippen LogP contribution is -2.41. The van der Waals surface area contributed by atoms with Crippen LogP contribution in [-0.4, -0.2) is 66.5 Å². The summed E-state index contributed by atoms with van der Waals surface area (Å²) in [5.74, 6) is -1.15. The van der Waals surface area contributed by atoms with Crippen LogP contribution in [0, 0.1) is 0 Å². The van der Waals surface area contributed by atoms with Gasteiger partial charge < -0.3 is 23.7 Å². The van der Waals surface area contributed by atoms with E-state index >= 15 is 0 Å². The second kappa shape index (κ2) is 12.2. The molecule has 0 unspecified atom stereocenters. The first kappa shape index (κ1) is 19.7. The zero-order chi connectivity index (χ0) is 16.8. The largest absolute Gasteiger partial charge is 0.379 e. The smallest absolute Gasteiger partial charge is 0.307 e. The molecule has 6 heteroatoms. The van der Waals surface area contributed by atoms with Crippen LogP contribution in [0.5, 0.6) is 0 Å². The van der Waals surface area contributed by atoms with E-state index in [1.54, 1.807) is 0 Å². The van der Waals surface area contributed by atoms with E-state index in [4.69, 9.17) is 23.7 Å². The van der Waals surface area contributed by atoms with Crippen LogP contribution in [0.15, 0.2) is 35.3 Å². The molecular weight excluding hydrogens is 298 g/mol. The summed E-state index contributed by atoms with van der Waals surface area (Å²) >= 11 is 0. The molecule has 1 aromatic carbocycles. The SMILES string of the molecule is COC(COCCOCCCN=Cc1ccccc1)(OC)OC. The highest BCUT2D eigenvalue weighted by atomic mass is 16.9. The number of ether oxygens (including phenoxy) is 5. The average Bonchev–Trinajstić information content (AvgIpc) is 2.61. The van der Waals surface area contributed by atoms with Gasteiger partial charge in [0.1, 0.15) is 6.61 Å². The monoisotopic (exact) mass is 325 g/mol. The van der Waals surface area contributed by atoms with Gasteiger partial charge >= 0.3 is 5.97 Å². The molecule has 0 heterocycles. The standard InChI is InChI=1S/C17H27NO5/c1-19-17(20-2,21-3)15-23-13-12-22-11-7-10-18-14-16-8-5-4-6-9-16/h4-6,8-9,14H,7,10-13,15H2,1-3H3. The Bertz CT molecular complexity index is 412. The van der Waals surface area contributed by atoms with Crippen molar-refractivity contribution in [2.24, 2.45) is 4.99 Å². The molecule has 6 nitrogen and oxygen atoms in total. The highest BCUT2D eigenvalue weighted by molar-refractivity contribution is 5.79. The summed E-state index contributed by atoms with van der Waals surface area (Å²) in [7, 11) is 4.51. The number of aliphatic imine (C=N–C) groups is 1. The lowest BCUT2D eigenvalue weighted by atomic mass is 10.2. The van der Waals surface area contributed by atoms with Crippen molar-refractivity contribution in [2.75, 3.05) is 54.3 Å². The molecule has 0 bridgehead atoms. The maximum Gasteiger partial charge on any atom is 0.307 e. The van der Waals surface area contributed by atoms with E-state index < -0.39 is 5.97 Å². The van der Waals surface area contributed by atoms with E-state index in [9.17, 15) is 0 Å². The summed E-state index contributed by atoms with van der Waals surface area (Å²) in [4.78, 5) is 4.36. The third kappa shape index (κ3) is 8.20. The molecule has 0 saturated heterocycles. The second-order valence-corrected chi connectivity index (χ2v) is 4.76. The molecule has 23 heavy (non-hydrogen) atoms. The maximum atomic E-state index is 5.48. The molecule has 0 amide bonds. The van der Waals surface area contributed by atoms with Gasteiger partial charge in [0.15, 0.2) is 0 Å². The fraction of sp³-hybridized carbons (Fsp3) is 0.588. The topological polar surface area (TPSA) is 58.5 Å². The van der Waals surface area contributed by atoms with Crippen molar-refractivity contribution in [3.8, 4) is 0 Å². The second-order valence-electron chi connectivity index (χ2n) is 4.76. The molecule has 0 N–H and O–H groups in total. The Hall–Kier alpha value is -1.31. The fourth-order valence-corrected chi connectivity index (χ4v) is 1.81. The first-order valence-corrected chi connectivity index (χ1v) is 7.62. The molecule has 0 spiro atoms. The van der Waals surface area contributed by atoms with Gasteiger partial charge in [0, 0.05) is 40.7 Å². The molecule has 1 aromatic rings. The lowest BCUT2D eigenvalue weighted by molar-refractivity contribution is -0.368. The maximum absolute atomic E-state index is 5.48. The van der Waals surface area contributed by atoms with Gasteiger partial charge in [-0.2, -0.15) is 0 Å². The fourth-order valence-electron chi connectivity index (χ4n) is 1.81. The molecule has 1 rings (SSSR count). The molecule has 130 valence electrons. The molecule has 0 aliphatic heterocycles. The van der Waals surface area contributed by atoms with Crippen molar-refractivity contribution in [1.82, 2.24) is 0 Å². The Morgan fingerprint density at radius 2 is 1.57 bits per heavy atom. The predicted molar refractivity (Wildman–Crippen MR) is 88.9 cm³/mol. The van der Waals surface area contributed by atoms with Crippen LogP contribution in [0.2, 0.25) is 0 Å². The molecule has 0 radical (unpaired) electrons. The lowest BCUT2D eigenvalue weighted by Gasteiger charge is -2.28. The van der Waals surface area contributed by atoms with Crippen LogP contribution in [0.25, 0.3) is 0 Å². The van der Waals surface area contributed by atoms with E-state index in [0.717, 1.165) is 18.5 Å². The van der Waals surface area contributed by atoms with Gasteiger partial charge in [-0.15, -0.1) is 0 Å². The Labute approximate surface area is 138 Å². The van der Waals surface area contributed by atoms with Crippen LogP contribution < -0.4 is 0 Å². The summed E-state index contributed by atoms with van der Waals surface area (Å²) in [5.41, 5.74) is 1.11. The van der Waals surface area contributed by atoms with Crippen LogP contribution >= 0.6 is 0 Å². The number of hydrogen-bond acceptors (Lipinski definition) is 6. The minimum Gasteiger partial charge on any atom is -0.379 e. The first-order chi connectivity index (χ1) is 11.3. The minimum atomic E-state index is -1.15. The van der Waals surface area contributed by atoms with Gasteiger partial charge in [-0.3, -0.25) is 4.99 Å². The normalized spacial score (nSPS) is 12.1. The van der Waals surface area contributed by atoms with E-state index in [2.05, 4.69) is 4.99 Å². The van der Waals surface area contributed by atoms with E-state index in [0.29, 0.717) is 19.8 Å². The van der Waals surface area contributed by atoms with Crippen LogP contribution in [0.4, 0.5) is 0 Å². The number of methoxy groups -OCH3 is 3. The van der Waals surface area contributed by atoms with E-state index in [1.807, 2.05) is 36.5 Å². The number of rotatable bonds is 13. The van der Waals surface area contributed by atoms with Crippen molar-refractivity contribution in [2.45, 2.75) is 12.4 Å². The molecule has 0 fully saturated rings. The summed E-state index contributed by atoms with van der Waals surface area (Å²) in [6.45, 7) is 2.54. The molecule has 0 atom stereocenters.